The van der Waals surface area contributed by atoms with Crippen molar-refractivity contribution in [3.05, 3.63) is 0 Å². The lowest BCUT2D eigenvalue weighted by Gasteiger charge is -2.29. The highest BCUT2D eigenvalue weighted by Crippen LogP contribution is 2.10. The molecule has 0 aromatic carbocycles. The number of likely N-dealkylation sites (N-methyl/N-ethyl adjacent to an activating group) is 2. The van der Waals surface area contributed by atoms with Gasteiger partial charge in [0.2, 0.25) is 11.8 Å². The highest BCUT2D eigenvalue weighted by atomic mass is 16.4. The van der Waals surface area contributed by atoms with Crippen LogP contribution in [0.15, 0.2) is 0 Å². The number of carboxylic acids is 1. The molecule has 0 aliphatic heterocycles. The summed E-state index contributed by atoms with van der Waals surface area (Å²) in [5, 5.41) is 24.1. The van der Waals surface area contributed by atoms with E-state index in [9.17, 15) is 19.5 Å². The van der Waals surface area contributed by atoms with E-state index in [0.717, 1.165) is 4.90 Å². The second-order valence-corrected chi connectivity index (χ2v) is 6.12. The average Bonchev–Trinajstić information content (AvgIpc) is 2.33. The van der Waals surface area contributed by atoms with Crippen LogP contribution >= 0.6 is 0 Å². The van der Waals surface area contributed by atoms with Gasteiger partial charge in [0.1, 0.15) is 12.1 Å². The molecule has 0 unspecified atom stereocenters. The number of nitrogens with zero attached hydrogens (tertiary/aromatic N) is 1. The van der Waals surface area contributed by atoms with Crippen molar-refractivity contribution in [1.82, 2.24) is 15.5 Å². The topological polar surface area (TPSA) is 119 Å². The molecule has 0 aliphatic rings. The van der Waals surface area contributed by atoms with Crippen molar-refractivity contribution in [2.75, 3.05) is 20.6 Å². The third-order valence-electron chi connectivity index (χ3n) is 3.37. The van der Waals surface area contributed by atoms with Gasteiger partial charge in [-0.05, 0) is 26.8 Å². The molecule has 0 fully saturated rings. The van der Waals surface area contributed by atoms with Crippen LogP contribution in [0.3, 0.4) is 0 Å². The van der Waals surface area contributed by atoms with Gasteiger partial charge in [0.05, 0.1) is 12.1 Å². The van der Waals surface area contributed by atoms with E-state index in [4.69, 9.17) is 5.11 Å². The highest BCUT2D eigenvalue weighted by molar-refractivity contribution is 5.90. The molecular weight excluding hydrogens is 290 g/mol. The van der Waals surface area contributed by atoms with Gasteiger partial charge in [-0.3, -0.25) is 9.59 Å². The first kappa shape index (κ1) is 20.3. The molecule has 2 atom stereocenters. The Bertz CT molecular complexity index is 417. The predicted octanol–water partition coefficient (Wildman–Crippen LogP) is -0.971. The molecule has 0 aromatic rings. The minimum absolute atomic E-state index is 0.261. The number of hydrogen-bond donors (Lipinski definition) is 4. The van der Waals surface area contributed by atoms with Gasteiger partial charge in [-0.2, -0.15) is 0 Å². The molecule has 128 valence electrons. The number of rotatable bonds is 8. The van der Waals surface area contributed by atoms with Gasteiger partial charge in [-0.25, -0.2) is 4.79 Å². The molecule has 0 rings (SSSR count). The molecule has 22 heavy (non-hydrogen) atoms. The van der Waals surface area contributed by atoms with Gasteiger partial charge in [0.25, 0.3) is 0 Å². The van der Waals surface area contributed by atoms with Crippen LogP contribution in [0.4, 0.5) is 0 Å². The summed E-state index contributed by atoms with van der Waals surface area (Å²) in [5.41, 5.74) is -1.30. The van der Waals surface area contributed by atoms with Crippen LogP contribution in [0.1, 0.15) is 27.7 Å². The van der Waals surface area contributed by atoms with Gasteiger partial charge in [0, 0.05) is 7.05 Å². The van der Waals surface area contributed by atoms with E-state index in [-0.39, 0.29) is 12.5 Å². The fourth-order valence-electron chi connectivity index (χ4n) is 2.25. The predicted molar refractivity (Wildman–Crippen MR) is 81.2 cm³/mol. The van der Waals surface area contributed by atoms with Crippen molar-refractivity contribution in [1.29, 1.82) is 0 Å². The molecule has 8 nitrogen and oxygen atoms in total. The molecular formula is C14H27N3O5. The molecule has 0 bridgehead atoms. The summed E-state index contributed by atoms with van der Waals surface area (Å²) in [6.45, 7) is 6.01. The molecule has 0 aromatic heterocycles. The molecule has 0 radical (unpaired) electrons. The van der Waals surface area contributed by atoms with E-state index < -0.39 is 35.5 Å². The lowest BCUT2D eigenvalue weighted by atomic mass is 9.98. The first-order valence-electron chi connectivity index (χ1n) is 7.09. The monoisotopic (exact) mass is 317 g/mol. The Morgan fingerprint density at radius 1 is 1.23 bits per heavy atom. The number of carbonyl (C=O) groups excluding carboxylic acids is 2. The van der Waals surface area contributed by atoms with Crippen molar-refractivity contribution in [3.63, 3.8) is 0 Å². The summed E-state index contributed by atoms with van der Waals surface area (Å²) in [5.74, 6) is -2.40. The van der Waals surface area contributed by atoms with Crippen LogP contribution in [-0.2, 0) is 14.4 Å². The average molecular weight is 317 g/mol. The lowest BCUT2D eigenvalue weighted by molar-refractivity contribution is -0.150. The number of carboxylic acid groups (broad SMARTS) is 1. The molecule has 0 aliphatic carbocycles. The standard InChI is InChI=1S/C14H27N3O5/c1-8(2)10(13(20)21)17(6)9(18)7-16-12(19)11(15-5)14(3,4)22/h8,10-11,15,22H,7H2,1-6H3,(H,16,19)(H,20,21)/t10-,11+/m0/s1. The number of aliphatic carboxylic acids is 1. The van der Waals surface area contributed by atoms with Gasteiger partial charge in [-0.15, -0.1) is 0 Å². The molecule has 0 spiro atoms. The first-order valence-corrected chi connectivity index (χ1v) is 7.09. The van der Waals surface area contributed by atoms with Crippen molar-refractivity contribution < 1.29 is 24.6 Å². The normalized spacial score (nSPS) is 14.4. The molecule has 0 heterocycles. The summed E-state index contributed by atoms with van der Waals surface area (Å²) in [7, 11) is 2.91. The zero-order valence-corrected chi connectivity index (χ0v) is 14.0. The Balaban J connectivity index is 4.74. The van der Waals surface area contributed by atoms with Crippen LogP contribution in [0, 0.1) is 5.92 Å². The minimum Gasteiger partial charge on any atom is -0.480 e. The fourth-order valence-corrected chi connectivity index (χ4v) is 2.25. The summed E-state index contributed by atoms with van der Waals surface area (Å²) in [4.78, 5) is 36.3. The van der Waals surface area contributed by atoms with Gasteiger partial charge >= 0.3 is 5.97 Å². The number of hydrogen-bond acceptors (Lipinski definition) is 5. The van der Waals surface area contributed by atoms with Crippen LogP contribution in [0.2, 0.25) is 0 Å². The molecule has 0 saturated heterocycles. The summed E-state index contributed by atoms with van der Waals surface area (Å²) in [6, 6.07) is -1.84. The summed E-state index contributed by atoms with van der Waals surface area (Å²) < 4.78 is 0. The number of aliphatic hydroxyl groups is 1. The quantitative estimate of drug-likeness (QED) is 0.457. The van der Waals surface area contributed by atoms with E-state index >= 15 is 0 Å². The summed E-state index contributed by atoms with van der Waals surface area (Å²) >= 11 is 0. The van der Waals surface area contributed by atoms with E-state index in [1.165, 1.54) is 27.9 Å². The molecule has 0 saturated carbocycles. The third kappa shape index (κ3) is 5.61. The van der Waals surface area contributed by atoms with Crippen LogP contribution in [0.25, 0.3) is 0 Å². The Kier molecular flexibility index (Phi) is 7.48. The lowest BCUT2D eigenvalue weighted by Crippen LogP contribution is -2.57. The smallest absolute Gasteiger partial charge is 0.326 e. The Morgan fingerprint density at radius 3 is 2.05 bits per heavy atom. The van der Waals surface area contributed by atoms with E-state index in [1.54, 1.807) is 13.8 Å². The molecule has 4 N–H and O–H groups in total. The second kappa shape index (κ2) is 8.09. The number of nitrogens with one attached hydrogen (secondary N) is 2. The number of amides is 2. The third-order valence-corrected chi connectivity index (χ3v) is 3.37. The largest absolute Gasteiger partial charge is 0.480 e. The Labute approximate surface area is 130 Å². The van der Waals surface area contributed by atoms with Crippen LogP contribution in [-0.4, -0.2) is 71.2 Å². The number of carbonyl (C=O) groups is 3. The van der Waals surface area contributed by atoms with Gasteiger partial charge in [0.15, 0.2) is 0 Å². The zero-order chi connectivity index (χ0) is 17.7. The van der Waals surface area contributed by atoms with E-state index in [0.29, 0.717) is 0 Å². The van der Waals surface area contributed by atoms with E-state index in [1.807, 2.05) is 0 Å². The molecule has 8 heteroatoms. The maximum Gasteiger partial charge on any atom is 0.326 e. The SMILES string of the molecule is CN[C@H](C(=O)NCC(=O)N(C)[C@H](C(=O)O)C(C)C)C(C)(C)O. The maximum atomic E-state index is 12.0. The van der Waals surface area contributed by atoms with Crippen LogP contribution in [0.5, 0.6) is 0 Å². The van der Waals surface area contributed by atoms with Crippen molar-refractivity contribution >= 4 is 17.8 Å². The van der Waals surface area contributed by atoms with Gasteiger partial charge < -0.3 is 25.7 Å². The fraction of sp³-hybridized carbons (Fsp3) is 0.786. The summed E-state index contributed by atoms with van der Waals surface area (Å²) in [6.07, 6.45) is 0. The van der Waals surface area contributed by atoms with Crippen molar-refractivity contribution in [2.45, 2.75) is 45.4 Å². The Hall–Kier alpha value is -1.67. The molecule has 2 amide bonds. The van der Waals surface area contributed by atoms with Crippen molar-refractivity contribution in [2.24, 2.45) is 5.92 Å². The van der Waals surface area contributed by atoms with E-state index in [2.05, 4.69) is 10.6 Å². The second-order valence-electron chi connectivity index (χ2n) is 6.12. The first-order chi connectivity index (χ1) is 9.93. The highest BCUT2D eigenvalue weighted by Gasteiger charge is 2.33. The maximum absolute atomic E-state index is 12.0. The van der Waals surface area contributed by atoms with Crippen molar-refractivity contribution in [3.8, 4) is 0 Å². The Morgan fingerprint density at radius 2 is 1.73 bits per heavy atom. The zero-order valence-electron chi connectivity index (χ0n) is 14.0. The van der Waals surface area contributed by atoms with Crippen LogP contribution < -0.4 is 10.6 Å². The minimum atomic E-state index is -1.30. The van der Waals surface area contributed by atoms with Gasteiger partial charge in [-0.1, -0.05) is 13.8 Å².